The van der Waals surface area contributed by atoms with E-state index in [0.717, 1.165) is 0 Å². The Morgan fingerprint density at radius 2 is 1.93 bits per heavy atom. The number of methoxy groups -OCH3 is 1. The average Bonchev–Trinajstić information content (AvgIpc) is 2.72. The molecular weight excluding hydrogens is 377 g/mol. The predicted octanol–water partition coefficient (Wildman–Crippen LogP) is 3.68. The standard InChI is InChI=1S/C21H20FN3O4/c1-29-20(26)5-3-2-4-19-24-18-12-14(13-23-28)6-11-17(18)21(27)25(19)16-9-7-15(22)8-10-16/h6-12H,2-5,13H2,1H3. The molecule has 0 bridgehead atoms. The number of hydrogen-bond acceptors (Lipinski definition) is 6. The van der Waals surface area contributed by atoms with E-state index in [0.29, 0.717) is 47.2 Å². The van der Waals surface area contributed by atoms with Crippen LogP contribution in [0.15, 0.2) is 52.4 Å². The fourth-order valence-corrected chi connectivity index (χ4v) is 3.13. The van der Waals surface area contributed by atoms with Crippen LogP contribution >= 0.6 is 0 Å². The smallest absolute Gasteiger partial charge is 0.305 e. The maximum atomic E-state index is 13.3. The zero-order valence-corrected chi connectivity index (χ0v) is 15.9. The largest absolute Gasteiger partial charge is 0.469 e. The van der Waals surface area contributed by atoms with Crippen molar-refractivity contribution < 1.29 is 13.9 Å². The molecule has 29 heavy (non-hydrogen) atoms. The maximum Gasteiger partial charge on any atom is 0.305 e. The molecule has 0 fully saturated rings. The minimum atomic E-state index is -0.402. The second-order valence-corrected chi connectivity index (χ2v) is 6.57. The third-order valence-electron chi connectivity index (χ3n) is 4.59. The number of carbonyl (C=O) groups excluding carboxylic acids is 1. The van der Waals surface area contributed by atoms with Gasteiger partial charge in [0.15, 0.2) is 0 Å². The molecule has 0 aliphatic rings. The number of aryl methyl sites for hydroxylation is 1. The number of esters is 1. The topological polar surface area (TPSA) is 90.6 Å². The highest BCUT2D eigenvalue weighted by atomic mass is 19.1. The number of nitrogens with zero attached hydrogens (tertiary/aromatic N) is 3. The van der Waals surface area contributed by atoms with E-state index in [2.05, 4.69) is 14.9 Å². The number of hydrogen-bond donors (Lipinski definition) is 0. The average molecular weight is 397 g/mol. The Labute approximate surface area is 166 Å². The van der Waals surface area contributed by atoms with Crippen molar-refractivity contribution in [3.8, 4) is 5.69 Å². The molecule has 0 spiro atoms. The zero-order chi connectivity index (χ0) is 20.8. The molecule has 0 atom stereocenters. The van der Waals surface area contributed by atoms with Crippen molar-refractivity contribution in [2.75, 3.05) is 7.11 Å². The van der Waals surface area contributed by atoms with Gasteiger partial charge in [-0.05, 0) is 54.8 Å². The lowest BCUT2D eigenvalue weighted by Crippen LogP contribution is -2.24. The summed E-state index contributed by atoms with van der Waals surface area (Å²) in [6, 6.07) is 10.6. The predicted molar refractivity (Wildman–Crippen MR) is 106 cm³/mol. The fraction of sp³-hybridized carbons (Fsp3) is 0.286. The number of carbonyl (C=O) groups is 1. The first-order valence-electron chi connectivity index (χ1n) is 9.20. The summed E-state index contributed by atoms with van der Waals surface area (Å²) >= 11 is 0. The Morgan fingerprint density at radius 1 is 1.17 bits per heavy atom. The number of aromatic nitrogens is 2. The highest BCUT2D eigenvalue weighted by molar-refractivity contribution is 5.78. The Hall–Kier alpha value is -3.42. The summed E-state index contributed by atoms with van der Waals surface area (Å²) in [7, 11) is 1.34. The number of halogens is 1. The van der Waals surface area contributed by atoms with Gasteiger partial charge in [0.05, 0.1) is 23.7 Å². The van der Waals surface area contributed by atoms with Crippen molar-refractivity contribution in [2.24, 2.45) is 5.18 Å². The van der Waals surface area contributed by atoms with Gasteiger partial charge in [-0.3, -0.25) is 14.2 Å². The molecule has 0 N–H and O–H groups in total. The minimum absolute atomic E-state index is 0.00682. The van der Waals surface area contributed by atoms with E-state index in [1.165, 1.54) is 35.9 Å². The molecule has 3 rings (SSSR count). The lowest BCUT2D eigenvalue weighted by Gasteiger charge is -2.14. The molecule has 150 valence electrons. The van der Waals surface area contributed by atoms with Gasteiger partial charge in [0, 0.05) is 12.8 Å². The van der Waals surface area contributed by atoms with Crippen LogP contribution in [0, 0.1) is 10.7 Å². The molecule has 1 aromatic heterocycles. The van der Waals surface area contributed by atoms with Gasteiger partial charge >= 0.3 is 5.97 Å². The molecule has 0 saturated carbocycles. The lowest BCUT2D eigenvalue weighted by molar-refractivity contribution is -0.140. The Balaban J connectivity index is 2.04. The molecule has 3 aromatic rings. The van der Waals surface area contributed by atoms with Crippen LogP contribution in [-0.4, -0.2) is 22.6 Å². The molecule has 0 unspecified atom stereocenters. The summed E-state index contributed by atoms with van der Waals surface area (Å²) in [6.07, 6.45) is 1.92. The van der Waals surface area contributed by atoms with Gasteiger partial charge in [0.2, 0.25) is 0 Å². The number of unbranched alkanes of at least 4 members (excludes halogenated alkanes) is 1. The summed E-state index contributed by atoms with van der Waals surface area (Å²) in [5, 5.41) is 3.27. The minimum Gasteiger partial charge on any atom is -0.469 e. The first kappa shape index (κ1) is 20.3. The van der Waals surface area contributed by atoms with Crippen LogP contribution in [0.2, 0.25) is 0 Å². The van der Waals surface area contributed by atoms with Gasteiger partial charge in [-0.15, -0.1) is 0 Å². The van der Waals surface area contributed by atoms with Crippen molar-refractivity contribution in [1.29, 1.82) is 0 Å². The van der Waals surface area contributed by atoms with E-state index in [-0.39, 0.29) is 24.5 Å². The second kappa shape index (κ2) is 9.18. The van der Waals surface area contributed by atoms with Gasteiger partial charge in [0.25, 0.3) is 5.56 Å². The quantitative estimate of drug-likeness (QED) is 0.329. The molecule has 0 aliphatic heterocycles. The van der Waals surface area contributed by atoms with Crippen molar-refractivity contribution in [2.45, 2.75) is 32.2 Å². The van der Waals surface area contributed by atoms with Gasteiger partial charge < -0.3 is 4.74 Å². The Kier molecular flexibility index (Phi) is 6.43. The third kappa shape index (κ3) is 4.71. The van der Waals surface area contributed by atoms with Crippen LogP contribution < -0.4 is 5.56 Å². The van der Waals surface area contributed by atoms with Gasteiger partial charge in [0.1, 0.15) is 18.2 Å². The van der Waals surface area contributed by atoms with Crippen LogP contribution in [0.25, 0.3) is 16.6 Å². The second-order valence-electron chi connectivity index (χ2n) is 6.57. The molecule has 0 saturated heterocycles. The third-order valence-corrected chi connectivity index (χ3v) is 4.59. The summed E-state index contributed by atoms with van der Waals surface area (Å²) in [6.45, 7) is -0.00682. The van der Waals surface area contributed by atoms with E-state index in [9.17, 15) is 18.9 Å². The number of nitroso groups, excluding NO2 is 1. The Bertz CT molecular complexity index is 1090. The first-order valence-corrected chi connectivity index (χ1v) is 9.20. The fourth-order valence-electron chi connectivity index (χ4n) is 3.13. The van der Waals surface area contributed by atoms with E-state index in [1.807, 2.05) is 0 Å². The summed E-state index contributed by atoms with van der Waals surface area (Å²) in [5.41, 5.74) is 1.36. The summed E-state index contributed by atoms with van der Waals surface area (Å²) < 4.78 is 19.4. The number of rotatable bonds is 8. The zero-order valence-electron chi connectivity index (χ0n) is 15.9. The molecule has 2 aromatic carbocycles. The highest BCUT2D eigenvalue weighted by Crippen LogP contribution is 2.17. The number of benzene rings is 2. The van der Waals surface area contributed by atoms with Crippen LogP contribution in [0.5, 0.6) is 0 Å². The maximum absolute atomic E-state index is 13.3. The van der Waals surface area contributed by atoms with Crippen molar-refractivity contribution >= 4 is 16.9 Å². The molecule has 0 amide bonds. The molecule has 0 radical (unpaired) electrons. The van der Waals surface area contributed by atoms with E-state index in [1.54, 1.807) is 18.2 Å². The van der Waals surface area contributed by atoms with Crippen molar-refractivity contribution in [3.63, 3.8) is 0 Å². The van der Waals surface area contributed by atoms with Crippen LogP contribution in [0.1, 0.15) is 30.7 Å². The van der Waals surface area contributed by atoms with Crippen LogP contribution in [-0.2, 0) is 22.5 Å². The molecular formula is C21H20FN3O4. The van der Waals surface area contributed by atoms with E-state index < -0.39 is 5.82 Å². The SMILES string of the molecule is COC(=O)CCCCc1nc2cc(CN=O)ccc2c(=O)n1-c1ccc(F)cc1. The normalized spacial score (nSPS) is 10.8. The van der Waals surface area contributed by atoms with Gasteiger partial charge in [-0.1, -0.05) is 11.2 Å². The van der Waals surface area contributed by atoms with Crippen molar-refractivity contribution in [3.05, 3.63) is 74.9 Å². The van der Waals surface area contributed by atoms with Crippen LogP contribution in [0.3, 0.4) is 0 Å². The van der Waals surface area contributed by atoms with Gasteiger partial charge in [-0.2, -0.15) is 4.91 Å². The lowest BCUT2D eigenvalue weighted by atomic mass is 10.1. The van der Waals surface area contributed by atoms with Crippen LogP contribution in [0.4, 0.5) is 4.39 Å². The summed E-state index contributed by atoms with van der Waals surface area (Å²) in [5.74, 6) is -0.199. The molecule has 0 aliphatic carbocycles. The number of fused-ring (bicyclic) bond motifs is 1. The molecule has 8 heteroatoms. The molecule has 7 nitrogen and oxygen atoms in total. The monoisotopic (exact) mass is 397 g/mol. The van der Waals surface area contributed by atoms with Crippen molar-refractivity contribution in [1.82, 2.24) is 9.55 Å². The number of ether oxygens (including phenoxy) is 1. The first-order chi connectivity index (χ1) is 14.0. The van der Waals surface area contributed by atoms with Gasteiger partial charge in [-0.25, -0.2) is 9.37 Å². The highest BCUT2D eigenvalue weighted by Gasteiger charge is 2.14. The van der Waals surface area contributed by atoms with E-state index in [4.69, 9.17) is 0 Å². The Morgan fingerprint density at radius 3 is 2.62 bits per heavy atom. The molecule has 1 heterocycles. The summed E-state index contributed by atoms with van der Waals surface area (Å²) in [4.78, 5) is 39.7. The van der Waals surface area contributed by atoms with E-state index >= 15 is 0 Å².